The number of ether oxygens (including phenoxy) is 1. The summed E-state index contributed by atoms with van der Waals surface area (Å²) in [4.78, 5) is 26.3. The van der Waals surface area contributed by atoms with Gasteiger partial charge in [-0.1, -0.05) is 6.07 Å². The number of benzene rings is 2. The fourth-order valence-electron chi connectivity index (χ4n) is 2.87. The van der Waals surface area contributed by atoms with Crippen molar-refractivity contribution in [1.82, 2.24) is 19.9 Å². The van der Waals surface area contributed by atoms with E-state index in [1.807, 2.05) is 6.07 Å². The first-order valence-corrected chi connectivity index (χ1v) is 8.16. The first-order valence-electron chi connectivity index (χ1n) is 8.16. The number of fused-ring (bicyclic) bond motifs is 2. The number of H-pyrrole nitrogens is 2. The first-order chi connectivity index (χ1) is 13.0. The van der Waals surface area contributed by atoms with E-state index in [1.165, 1.54) is 6.33 Å². The zero-order chi connectivity index (χ0) is 19.0. The summed E-state index contributed by atoms with van der Waals surface area (Å²) in [6.45, 7) is 0. The summed E-state index contributed by atoms with van der Waals surface area (Å²) in [7, 11) is 0. The highest BCUT2D eigenvalue weighted by Crippen LogP contribution is 2.24. The highest BCUT2D eigenvalue weighted by atomic mass is 16.5. The van der Waals surface area contributed by atoms with Gasteiger partial charge >= 0.3 is 5.97 Å². The maximum atomic E-state index is 11.7. The number of para-hydroxylation sites is 1. The van der Waals surface area contributed by atoms with Crippen LogP contribution < -0.4 is 10.5 Å². The number of aromatic nitrogens is 4. The molecule has 1 atom stereocenters. The second-order valence-electron chi connectivity index (χ2n) is 6.03. The molecule has 2 aromatic heterocycles. The van der Waals surface area contributed by atoms with Crippen LogP contribution >= 0.6 is 0 Å². The summed E-state index contributed by atoms with van der Waals surface area (Å²) in [5.41, 5.74) is 8.73. The van der Waals surface area contributed by atoms with Crippen LogP contribution in [0.2, 0.25) is 0 Å². The summed E-state index contributed by atoms with van der Waals surface area (Å²) in [5, 5.41) is 17.1. The minimum Gasteiger partial charge on any atom is -0.478 e. The number of carboxylic acid groups (broad SMARTS) is 1. The molecule has 0 spiro atoms. The maximum absolute atomic E-state index is 11.7. The minimum atomic E-state index is -1.14. The van der Waals surface area contributed by atoms with Crippen LogP contribution in [0.5, 0.6) is 5.75 Å². The lowest BCUT2D eigenvalue weighted by Crippen LogP contribution is -2.30. The van der Waals surface area contributed by atoms with Gasteiger partial charge in [-0.05, 0) is 30.3 Å². The molecule has 9 heteroatoms. The lowest BCUT2D eigenvalue weighted by atomic mass is 10.2. The second kappa shape index (κ2) is 6.45. The number of hydrogen-bond donors (Lipinski definition) is 5. The standard InChI is InChI=1S/C18H16N6O3/c19-17(20)9-4-5-10-12(6-9)24-15(23-10)7-14(18(25)26)27-13-3-1-2-11-16(13)22-8-21-11/h1-6,8,14H,7H2,(H3,19,20)(H,21,22)(H,23,24)(H,25,26). The summed E-state index contributed by atoms with van der Waals surface area (Å²) in [6.07, 6.45) is 0.430. The third-order valence-corrected chi connectivity index (χ3v) is 4.18. The highest BCUT2D eigenvalue weighted by molar-refractivity contribution is 5.97. The molecule has 0 aliphatic heterocycles. The summed E-state index contributed by atoms with van der Waals surface area (Å²) in [5.74, 6) is -0.303. The van der Waals surface area contributed by atoms with Crippen molar-refractivity contribution >= 4 is 33.9 Å². The van der Waals surface area contributed by atoms with Crippen LogP contribution in [0.3, 0.4) is 0 Å². The Kier molecular flexibility index (Phi) is 3.96. The number of hydrogen-bond acceptors (Lipinski definition) is 5. The number of nitrogens with zero attached hydrogens (tertiary/aromatic N) is 2. The number of carbonyl (C=O) groups is 1. The van der Waals surface area contributed by atoms with Gasteiger partial charge in [0.15, 0.2) is 0 Å². The van der Waals surface area contributed by atoms with Crippen LogP contribution in [0.4, 0.5) is 0 Å². The normalized spacial score (nSPS) is 12.3. The zero-order valence-electron chi connectivity index (χ0n) is 14.1. The van der Waals surface area contributed by atoms with Gasteiger partial charge in [0, 0.05) is 5.56 Å². The topological polar surface area (TPSA) is 154 Å². The van der Waals surface area contributed by atoms with Gasteiger partial charge < -0.3 is 25.5 Å². The first kappa shape index (κ1) is 16.6. The third-order valence-electron chi connectivity index (χ3n) is 4.18. The Balaban J connectivity index is 1.62. The van der Waals surface area contributed by atoms with E-state index in [4.69, 9.17) is 15.9 Å². The Morgan fingerprint density at radius 2 is 2.15 bits per heavy atom. The van der Waals surface area contributed by atoms with Crippen LogP contribution in [0.15, 0.2) is 42.7 Å². The quantitative estimate of drug-likeness (QED) is 0.260. The van der Waals surface area contributed by atoms with E-state index in [9.17, 15) is 9.90 Å². The molecule has 6 N–H and O–H groups in total. The number of aliphatic carboxylic acids is 1. The number of carboxylic acids is 1. The predicted octanol–water partition coefficient (Wildman–Crippen LogP) is 1.80. The number of aromatic amines is 2. The van der Waals surface area contributed by atoms with Crippen LogP contribution in [0.1, 0.15) is 11.4 Å². The number of nitrogens with two attached hydrogens (primary N) is 1. The Morgan fingerprint density at radius 1 is 1.30 bits per heavy atom. The molecular weight excluding hydrogens is 348 g/mol. The molecule has 0 bridgehead atoms. The van der Waals surface area contributed by atoms with Crippen molar-refractivity contribution in [2.45, 2.75) is 12.5 Å². The van der Waals surface area contributed by atoms with Gasteiger partial charge in [-0.15, -0.1) is 0 Å². The molecule has 0 fully saturated rings. The molecule has 0 aliphatic carbocycles. The Morgan fingerprint density at radius 3 is 2.93 bits per heavy atom. The SMILES string of the molecule is N=C(N)c1ccc2nc(CC(Oc3cccc4[nH]cnc34)C(=O)O)[nH]c2c1. The van der Waals surface area contributed by atoms with Gasteiger partial charge in [-0.25, -0.2) is 14.8 Å². The van der Waals surface area contributed by atoms with Gasteiger partial charge in [-0.2, -0.15) is 0 Å². The van der Waals surface area contributed by atoms with Crippen LogP contribution in [0, 0.1) is 5.41 Å². The minimum absolute atomic E-state index is 0.0419. The molecule has 9 nitrogen and oxygen atoms in total. The van der Waals surface area contributed by atoms with Crippen molar-refractivity contribution in [2.24, 2.45) is 5.73 Å². The van der Waals surface area contributed by atoms with Gasteiger partial charge in [0.2, 0.25) is 6.10 Å². The monoisotopic (exact) mass is 364 g/mol. The molecule has 0 saturated heterocycles. The molecule has 0 amide bonds. The maximum Gasteiger partial charge on any atom is 0.345 e. The van der Waals surface area contributed by atoms with Crippen molar-refractivity contribution in [1.29, 1.82) is 5.41 Å². The molecule has 0 radical (unpaired) electrons. The zero-order valence-corrected chi connectivity index (χ0v) is 14.1. The number of nitrogens with one attached hydrogen (secondary N) is 3. The molecule has 0 saturated carbocycles. The van der Waals surface area contributed by atoms with Crippen molar-refractivity contribution < 1.29 is 14.6 Å². The summed E-state index contributed by atoms with van der Waals surface area (Å²) < 4.78 is 5.71. The average molecular weight is 364 g/mol. The Hall–Kier alpha value is -3.88. The van der Waals surface area contributed by atoms with Crippen LogP contribution in [0.25, 0.3) is 22.1 Å². The summed E-state index contributed by atoms with van der Waals surface area (Å²) >= 11 is 0. The number of amidine groups is 1. The predicted molar refractivity (Wildman–Crippen MR) is 99.0 cm³/mol. The number of rotatable bonds is 6. The van der Waals surface area contributed by atoms with E-state index in [0.717, 1.165) is 5.52 Å². The second-order valence-corrected chi connectivity index (χ2v) is 6.03. The molecule has 2 aromatic carbocycles. The van der Waals surface area contributed by atoms with E-state index in [1.54, 1.807) is 30.3 Å². The highest BCUT2D eigenvalue weighted by Gasteiger charge is 2.23. The van der Waals surface area contributed by atoms with Crippen LogP contribution in [-0.4, -0.2) is 43.0 Å². The smallest absolute Gasteiger partial charge is 0.345 e. The molecule has 27 heavy (non-hydrogen) atoms. The van der Waals surface area contributed by atoms with Gasteiger partial charge in [0.25, 0.3) is 0 Å². The van der Waals surface area contributed by atoms with Gasteiger partial charge in [-0.3, -0.25) is 5.41 Å². The fraction of sp³-hybridized carbons (Fsp3) is 0.111. The van der Waals surface area contributed by atoms with Crippen molar-refractivity contribution in [2.75, 3.05) is 0 Å². The van der Waals surface area contributed by atoms with E-state index in [0.29, 0.717) is 33.7 Å². The Bertz CT molecular complexity index is 1160. The number of nitrogen functional groups attached to an aromatic ring is 1. The van der Waals surface area contributed by atoms with E-state index in [-0.39, 0.29) is 12.3 Å². The summed E-state index contributed by atoms with van der Waals surface area (Å²) in [6, 6.07) is 10.4. The van der Waals surface area contributed by atoms with E-state index >= 15 is 0 Å². The van der Waals surface area contributed by atoms with E-state index < -0.39 is 12.1 Å². The molecule has 136 valence electrons. The van der Waals surface area contributed by atoms with Crippen molar-refractivity contribution in [3.05, 3.63) is 54.1 Å². The largest absolute Gasteiger partial charge is 0.478 e. The van der Waals surface area contributed by atoms with Gasteiger partial charge in [0.05, 0.1) is 29.3 Å². The lowest BCUT2D eigenvalue weighted by molar-refractivity contribution is -0.145. The molecule has 4 rings (SSSR count). The molecule has 4 aromatic rings. The number of imidazole rings is 2. The molecular formula is C18H16N6O3. The lowest BCUT2D eigenvalue weighted by Gasteiger charge is -2.14. The van der Waals surface area contributed by atoms with Crippen LogP contribution in [-0.2, 0) is 11.2 Å². The Labute approximate surface area is 152 Å². The van der Waals surface area contributed by atoms with Crippen molar-refractivity contribution in [3.8, 4) is 5.75 Å². The van der Waals surface area contributed by atoms with Gasteiger partial charge in [0.1, 0.15) is 22.9 Å². The third kappa shape index (κ3) is 3.17. The average Bonchev–Trinajstić information content (AvgIpc) is 3.26. The molecule has 0 aliphatic rings. The molecule has 2 heterocycles. The fourth-order valence-corrected chi connectivity index (χ4v) is 2.87. The molecule has 1 unspecified atom stereocenters. The van der Waals surface area contributed by atoms with E-state index in [2.05, 4.69) is 19.9 Å². The van der Waals surface area contributed by atoms with Crippen molar-refractivity contribution in [3.63, 3.8) is 0 Å².